The zero-order chi connectivity index (χ0) is 14.3. The molecule has 0 aliphatic carbocycles. The lowest BCUT2D eigenvalue weighted by Gasteiger charge is -2.33. The molecule has 2 rings (SSSR count). The first kappa shape index (κ1) is 14.1. The van der Waals surface area contributed by atoms with Gasteiger partial charge in [-0.05, 0) is 45.6 Å². The lowest BCUT2D eigenvalue weighted by molar-refractivity contribution is -0.139. The van der Waals surface area contributed by atoms with Crippen molar-refractivity contribution < 1.29 is 4.79 Å². The minimum Gasteiger partial charge on any atom is -0.337 e. The minimum atomic E-state index is -0.380. The summed E-state index contributed by atoms with van der Waals surface area (Å²) in [6, 6.07) is 10.2. The first-order valence-corrected chi connectivity index (χ1v) is 6.94. The predicted octanol–water partition coefficient (Wildman–Crippen LogP) is 3.33. The van der Waals surface area contributed by atoms with E-state index in [1.165, 1.54) is 5.56 Å². The number of hydrogen-bond donors (Lipinski definition) is 0. The lowest BCUT2D eigenvalue weighted by atomic mass is 9.75. The Morgan fingerprint density at radius 1 is 1.32 bits per heavy atom. The van der Waals surface area contributed by atoms with Gasteiger partial charge in [0.2, 0.25) is 5.91 Å². The molecule has 2 nitrogen and oxygen atoms in total. The van der Waals surface area contributed by atoms with E-state index in [1.54, 1.807) is 0 Å². The van der Waals surface area contributed by atoms with Gasteiger partial charge in [-0.3, -0.25) is 4.79 Å². The fraction of sp³-hybridized carbons (Fsp3) is 0.529. The van der Waals surface area contributed by atoms with Crippen molar-refractivity contribution in [2.45, 2.75) is 39.7 Å². The van der Waals surface area contributed by atoms with Crippen LogP contribution < -0.4 is 0 Å². The summed E-state index contributed by atoms with van der Waals surface area (Å²) in [5.74, 6) is 0.378. The van der Waals surface area contributed by atoms with Crippen LogP contribution in [0.25, 0.3) is 0 Å². The van der Waals surface area contributed by atoms with Gasteiger partial charge in [0.25, 0.3) is 0 Å². The van der Waals surface area contributed by atoms with Crippen LogP contribution in [0.1, 0.15) is 33.3 Å². The zero-order valence-corrected chi connectivity index (χ0v) is 12.4. The van der Waals surface area contributed by atoms with Gasteiger partial charge in [-0.25, -0.2) is 0 Å². The maximum atomic E-state index is 12.8. The van der Waals surface area contributed by atoms with E-state index in [1.807, 2.05) is 23.1 Å². The Morgan fingerprint density at radius 2 is 1.89 bits per heavy atom. The van der Waals surface area contributed by atoms with Gasteiger partial charge in [-0.2, -0.15) is 0 Å². The van der Waals surface area contributed by atoms with Crippen molar-refractivity contribution in [3.05, 3.63) is 42.8 Å². The summed E-state index contributed by atoms with van der Waals surface area (Å²) in [6.45, 7) is 13.3. The summed E-state index contributed by atoms with van der Waals surface area (Å²) >= 11 is 0. The first-order valence-electron chi connectivity index (χ1n) is 6.94. The van der Waals surface area contributed by atoms with Gasteiger partial charge >= 0.3 is 0 Å². The molecule has 103 valence electrons. The highest BCUT2D eigenvalue weighted by Gasteiger charge is 2.50. The van der Waals surface area contributed by atoms with Crippen molar-refractivity contribution >= 4 is 5.91 Å². The van der Waals surface area contributed by atoms with Crippen molar-refractivity contribution in [3.63, 3.8) is 0 Å². The Bertz CT molecular complexity index is 460. The SMILES string of the molecule is [CH2][C@@H]1CN(C(C)(C)C)C(=O)[C@@]1(C)Cc1ccccc1. The molecule has 2 heteroatoms. The molecule has 0 aromatic heterocycles. The van der Waals surface area contributed by atoms with Crippen molar-refractivity contribution in [2.24, 2.45) is 11.3 Å². The maximum absolute atomic E-state index is 12.8. The molecule has 0 N–H and O–H groups in total. The van der Waals surface area contributed by atoms with Gasteiger partial charge in [-0.1, -0.05) is 37.3 Å². The van der Waals surface area contributed by atoms with Crippen LogP contribution in [0.15, 0.2) is 30.3 Å². The number of hydrogen-bond acceptors (Lipinski definition) is 1. The van der Waals surface area contributed by atoms with E-state index in [2.05, 4.69) is 46.8 Å². The van der Waals surface area contributed by atoms with E-state index in [-0.39, 0.29) is 22.8 Å². The van der Waals surface area contributed by atoms with Crippen LogP contribution >= 0.6 is 0 Å². The molecule has 0 saturated carbocycles. The van der Waals surface area contributed by atoms with Crippen molar-refractivity contribution in [2.75, 3.05) is 6.54 Å². The number of likely N-dealkylation sites (tertiary alicyclic amines) is 1. The summed E-state index contributed by atoms with van der Waals surface area (Å²) in [5.41, 5.74) is 0.707. The monoisotopic (exact) mass is 258 g/mol. The molecule has 1 heterocycles. The standard InChI is InChI=1S/C17H24NO/c1-13-12-18(16(2,3)4)15(19)17(13,5)11-14-9-7-6-8-10-14/h6-10,13H,1,11-12H2,2-5H3/t13-,17+/m1/s1. The highest BCUT2D eigenvalue weighted by molar-refractivity contribution is 5.86. The molecule has 19 heavy (non-hydrogen) atoms. The van der Waals surface area contributed by atoms with Crippen molar-refractivity contribution in [3.8, 4) is 0 Å². The van der Waals surface area contributed by atoms with E-state index in [0.717, 1.165) is 13.0 Å². The molecule has 0 spiro atoms. The predicted molar refractivity (Wildman–Crippen MR) is 78.6 cm³/mol. The molecule has 2 atom stereocenters. The number of benzene rings is 1. The van der Waals surface area contributed by atoms with E-state index < -0.39 is 0 Å². The minimum absolute atomic E-state index is 0.124. The van der Waals surface area contributed by atoms with Crippen LogP contribution in [0.3, 0.4) is 0 Å². The third kappa shape index (κ3) is 2.54. The third-order valence-corrected chi connectivity index (χ3v) is 4.26. The average molecular weight is 258 g/mol. The van der Waals surface area contributed by atoms with E-state index in [4.69, 9.17) is 0 Å². The molecule has 0 unspecified atom stereocenters. The molecule has 1 aromatic carbocycles. The molecule has 1 aromatic rings. The summed E-state index contributed by atoms with van der Waals surface area (Å²) < 4.78 is 0. The second kappa shape index (κ2) is 4.66. The normalized spacial score (nSPS) is 27.9. The van der Waals surface area contributed by atoms with Crippen molar-refractivity contribution in [1.29, 1.82) is 0 Å². The zero-order valence-electron chi connectivity index (χ0n) is 12.4. The van der Waals surface area contributed by atoms with E-state index in [0.29, 0.717) is 0 Å². The van der Waals surface area contributed by atoms with Crippen molar-refractivity contribution in [1.82, 2.24) is 4.90 Å². The Morgan fingerprint density at radius 3 is 2.37 bits per heavy atom. The molecular weight excluding hydrogens is 234 g/mol. The van der Waals surface area contributed by atoms with E-state index in [9.17, 15) is 4.79 Å². The number of carbonyl (C=O) groups is 1. The van der Waals surface area contributed by atoms with Crippen LogP contribution in [0.4, 0.5) is 0 Å². The summed E-state index contributed by atoms with van der Waals surface area (Å²) in [6.07, 6.45) is 0.771. The number of carbonyl (C=O) groups excluding carboxylic acids is 1. The van der Waals surface area contributed by atoms with Gasteiger partial charge in [0, 0.05) is 12.1 Å². The fourth-order valence-electron chi connectivity index (χ4n) is 2.81. The molecule has 1 fully saturated rings. The Kier molecular flexibility index (Phi) is 3.46. The molecule has 1 saturated heterocycles. The number of nitrogens with zero attached hydrogens (tertiary/aromatic N) is 1. The van der Waals surface area contributed by atoms with Crippen LogP contribution in [-0.2, 0) is 11.2 Å². The van der Waals surface area contributed by atoms with Gasteiger partial charge in [-0.15, -0.1) is 0 Å². The highest BCUT2D eigenvalue weighted by atomic mass is 16.2. The lowest BCUT2D eigenvalue weighted by Crippen LogP contribution is -2.45. The summed E-state index contributed by atoms with van der Waals surface area (Å²) in [5, 5.41) is 0. The Labute approximate surface area is 116 Å². The van der Waals surface area contributed by atoms with Gasteiger partial charge in [0.05, 0.1) is 5.41 Å². The smallest absolute Gasteiger partial charge is 0.229 e. The number of amides is 1. The molecule has 1 radical (unpaired) electrons. The highest BCUT2D eigenvalue weighted by Crippen LogP contribution is 2.42. The second-order valence-electron chi connectivity index (χ2n) is 6.86. The molecule has 1 aliphatic rings. The largest absolute Gasteiger partial charge is 0.337 e. The quantitative estimate of drug-likeness (QED) is 0.797. The fourth-order valence-corrected chi connectivity index (χ4v) is 2.81. The third-order valence-electron chi connectivity index (χ3n) is 4.26. The van der Waals surface area contributed by atoms with Crippen LogP contribution in [0.2, 0.25) is 0 Å². The van der Waals surface area contributed by atoms with Gasteiger partial charge in [0.15, 0.2) is 0 Å². The number of rotatable bonds is 2. The first-order chi connectivity index (χ1) is 8.75. The second-order valence-corrected chi connectivity index (χ2v) is 6.86. The molecular formula is C17H24NO. The summed E-state index contributed by atoms with van der Waals surface area (Å²) in [7, 11) is 0. The van der Waals surface area contributed by atoms with Crippen LogP contribution in [-0.4, -0.2) is 22.9 Å². The maximum Gasteiger partial charge on any atom is 0.229 e. The topological polar surface area (TPSA) is 20.3 Å². The Balaban J connectivity index is 2.26. The molecule has 1 amide bonds. The van der Waals surface area contributed by atoms with Crippen LogP contribution in [0.5, 0.6) is 0 Å². The average Bonchev–Trinajstić information content (AvgIpc) is 2.55. The molecule has 1 aliphatic heterocycles. The Hall–Kier alpha value is -1.31. The van der Waals surface area contributed by atoms with Gasteiger partial charge in [0.1, 0.15) is 0 Å². The summed E-state index contributed by atoms with van der Waals surface area (Å²) in [4.78, 5) is 14.8. The van der Waals surface area contributed by atoms with Crippen LogP contribution in [0, 0.1) is 18.3 Å². The van der Waals surface area contributed by atoms with E-state index >= 15 is 0 Å². The van der Waals surface area contributed by atoms with Gasteiger partial charge < -0.3 is 4.90 Å². The molecule has 0 bridgehead atoms.